The molecule has 1 heterocycles. The molecule has 1 aliphatic heterocycles. The van der Waals surface area contributed by atoms with Gasteiger partial charge in [0.2, 0.25) is 0 Å². The van der Waals surface area contributed by atoms with Gasteiger partial charge in [-0.15, -0.1) is 0 Å². The number of nitrogens with one attached hydrogen (secondary N) is 1. The van der Waals surface area contributed by atoms with Crippen LogP contribution in [0.3, 0.4) is 0 Å². The standard InChI is InChI=1S/C21H24N2O5S/c1-14-9-11-23(12-10-14)20-8-5-17(21(25)26)13-19(20)22-29(27,28)18-6-3-16(4-7-18)15(2)24/h3-8,13-14,22H,9-12H2,1-2H3,(H,25,26). The first-order valence-electron chi connectivity index (χ1n) is 9.43. The van der Waals surface area contributed by atoms with E-state index in [0.717, 1.165) is 25.9 Å². The highest BCUT2D eigenvalue weighted by atomic mass is 32.2. The van der Waals surface area contributed by atoms with Gasteiger partial charge in [0, 0.05) is 18.7 Å². The lowest BCUT2D eigenvalue weighted by molar-refractivity contribution is 0.0696. The van der Waals surface area contributed by atoms with Gasteiger partial charge in [0.15, 0.2) is 5.78 Å². The largest absolute Gasteiger partial charge is 0.478 e. The van der Waals surface area contributed by atoms with Crippen LogP contribution in [0.5, 0.6) is 0 Å². The maximum Gasteiger partial charge on any atom is 0.335 e. The third-order valence-electron chi connectivity index (χ3n) is 5.18. The zero-order valence-corrected chi connectivity index (χ0v) is 17.2. The number of piperidine rings is 1. The first-order valence-corrected chi connectivity index (χ1v) is 10.9. The minimum atomic E-state index is -3.95. The Morgan fingerprint density at radius 2 is 1.62 bits per heavy atom. The van der Waals surface area contributed by atoms with Gasteiger partial charge in [0.05, 0.1) is 21.8 Å². The van der Waals surface area contributed by atoms with E-state index in [9.17, 15) is 23.1 Å². The van der Waals surface area contributed by atoms with Crippen LogP contribution in [0.15, 0.2) is 47.4 Å². The molecule has 1 aliphatic rings. The van der Waals surface area contributed by atoms with Crippen LogP contribution in [-0.4, -0.2) is 38.4 Å². The van der Waals surface area contributed by atoms with Crippen LogP contribution >= 0.6 is 0 Å². The van der Waals surface area contributed by atoms with Crippen molar-refractivity contribution < 1.29 is 23.1 Å². The van der Waals surface area contributed by atoms with Crippen LogP contribution in [0.4, 0.5) is 11.4 Å². The van der Waals surface area contributed by atoms with E-state index in [4.69, 9.17) is 0 Å². The Hall–Kier alpha value is -2.87. The number of benzene rings is 2. The number of Topliss-reactive ketones (excluding diaryl/α,β-unsaturated/α-hetero) is 1. The number of aromatic carboxylic acids is 1. The number of carboxylic acid groups (broad SMARTS) is 1. The van der Waals surface area contributed by atoms with Crippen molar-refractivity contribution in [2.45, 2.75) is 31.6 Å². The molecule has 0 spiro atoms. The Morgan fingerprint density at radius 3 is 2.17 bits per heavy atom. The number of carbonyl (C=O) groups is 2. The average molecular weight is 416 g/mol. The van der Waals surface area contributed by atoms with Gasteiger partial charge in [-0.3, -0.25) is 9.52 Å². The Labute approximate surface area is 170 Å². The summed E-state index contributed by atoms with van der Waals surface area (Å²) >= 11 is 0. The summed E-state index contributed by atoms with van der Waals surface area (Å²) in [7, 11) is -3.95. The predicted octanol–water partition coefficient (Wildman–Crippen LogP) is 3.62. The van der Waals surface area contributed by atoms with Gasteiger partial charge in [0.25, 0.3) is 10.0 Å². The van der Waals surface area contributed by atoms with Crippen molar-refractivity contribution in [3.63, 3.8) is 0 Å². The molecule has 1 saturated heterocycles. The van der Waals surface area contributed by atoms with E-state index in [1.165, 1.54) is 43.3 Å². The molecule has 0 aromatic heterocycles. The van der Waals surface area contributed by atoms with Gasteiger partial charge >= 0.3 is 5.97 Å². The summed E-state index contributed by atoms with van der Waals surface area (Å²) in [4.78, 5) is 24.9. The van der Waals surface area contributed by atoms with Crippen LogP contribution in [0.1, 0.15) is 47.4 Å². The van der Waals surface area contributed by atoms with Crippen molar-refractivity contribution in [2.75, 3.05) is 22.7 Å². The average Bonchev–Trinajstić information content (AvgIpc) is 2.68. The SMILES string of the molecule is CC(=O)c1ccc(S(=O)(=O)Nc2cc(C(=O)O)ccc2N2CCC(C)CC2)cc1. The van der Waals surface area contributed by atoms with Crippen LogP contribution in [0, 0.1) is 5.92 Å². The molecule has 0 unspecified atom stereocenters. The maximum atomic E-state index is 12.9. The van der Waals surface area contributed by atoms with Gasteiger partial charge in [-0.2, -0.15) is 0 Å². The van der Waals surface area contributed by atoms with Crippen molar-refractivity contribution >= 4 is 33.2 Å². The quantitative estimate of drug-likeness (QED) is 0.697. The lowest BCUT2D eigenvalue weighted by Gasteiger charge is -2.33. The summed E-state index contributed by atoms with van der Waals surface area (Å²) in [5.74, 6) is -0.683. The lowest BCUT2D eigenvalue weighted by Crippen LogP contribution is -2.33. The van der Waals surface area contributed by atoms with Crippen molar-refractivity contribution in [2.24, 2.45) is 5.92 Å². The van der Waals surface area contributed by atoms with E-state index in [1.54, 1.807) is 6.07 Å². The van der Waals surface area contributed by atoms with E-state index in [0.29, 0.717) is 17.2 Å². The molecule has 3 rings (SSSR count). The molecule has 2 aromatic rings. The molecule has 7 nitrogen and oxygen atoms in total. The summed E-state index contributed by atoms with van der Waals surface area (Å²) in [6.45, 7) is 5.13. The van der Waals surface area contributed by atoms with Crippen molar-refractivity contribution in [3.8, 4) is 0 Å². The number of carbonyl (C=O) groups excluding carboxylic acids is 1. The summed E-state index contributed by atoms with van der Waals surface area (Å²) in [5, 5.41) is 9.32. The van der Waals surface area contributed by atoms with E-state index in [1.807, 2.05) is 0 Å². The molecule has 1 fully saturated rings. The van der Waals surface area contributed by atoms with Gasteiger partial charge in [-0.25, -0.2) is 13.2 Å². The molecule has 2 N–H and O–H groups in total. The summed E-state index contributed by atoms with van der Waals surface area (Å²) in [6.07, 6.45) is 1.97. The molecule has 0 aliphatic carbocycles. The number of anilines is 2. The number of rotatable bonds is 6. The fraction of sp³-hybridized carbons (Fsp3) is 0.333. The van der Waals surface area contributed by atoms with E-state index in [-0.39, 0.29) is 21.9 Å². The zero-order chi connectivity index (χ0) is 21.2. The maximum absolute atomic E-state index is 12.9. The Bertz CT molecular complexity index is 1020. The fourth-order valence-electron chi connectivity index (χ4n) is 3.35. The molecular weight excluding hydrogens is 392 g/mol. The Kier molecular flexibility index (Phi) is 5.93. The third kappa shape index (κ3) is 4.76. The molecule has 0 amide bonds. The van der Waals surface area contributed by atoms with Crippen LogP contribution in [0.2, 0.25) is 0 Å². The number of ketones is 1. The molecular formula is C21H24N2O5S. The Balaban J connectivity index is 1.96. The smallest absolute Gasteiger partial charge is 0.335 e. The van der Waals surface area contributed by atoms with Crippen molar-refractivity contribution in [3.05, 3.63) is 53.6 Å². The first-order chi connectivity index (χ1) is 13.7. The number of carboxylic acids is 1. The van der Waals surface area contributed by atoms with E-state index < -0.39 is 16.0 Å². The predicted molar refractivity (Wildman–Crippen MR) is 111 cm³/mol. The fourth-order valence-corrected chi connectivity index (χ4v) is 4.41. The number of hydrogen-bond acceptors (Lipinski definition) is 5. The first kappa shape index (κ1) is 20.9. The van der Waals surface area contributed by atoms with Crippen LogP contribution in [0.25, 0.3) is 0 Å². The minimum absolute atomic E-state index is 0.00134. The van der Waals surface area contributed by atoms with Gasteiger partial charge in [0.1, 0.15) is 0 Å². The van der Waals surface area contributed by atoms with E-state index in [2.05, 4.69) is 16.5 Å². The summed E-state index contributed by atoms with van der Waals surface area (Å²) in [5.41, 5.74) is 1.31. The summed E-state index contributed by atoms with van der Waals surface area (Å²) in [6, 6.07) is 10.1. The highest BCUT2D eigenvalue weighted by Gasteiger charge is 2.23. The second-order valence-corrected chi connectivity index (χ2v) is 9.08. The number of sulfonamides is 1. The highest BCUT2D eigenvalue weighted by Crippen LogP contribution is 2.32. The second-order valence-electron chi connectivity index (χ2n) is 7.39. The van der Waals surface area contributed by atoms with Crippen LogP contribution < -0.4 is 9.62 Å². The number of hydrogen-bond donors (Lipinski definition) is 2. The summed E-state index contributed by atoms with van der Waals surface area (Å²) < 4.78 is 28.3. The molecule has 154 valence electrons. The van der Waals surface area contributed by atoms with Crippen LogP contribution in [-0.2, 0) is 10.0 Å². The number of nitrogens with zero attached hydrogens (tertiary/aromatic N) is 1. The molecule has 0 saturated carbocycles. The van der Waals surface area contributed by atoms with Crippen molar-refractivity contribution in [1.82, 2.24) is 0 Å². The van der Waals surface area contributed by atoms with Gasteiger partial charge < -0.3 is 10.0 Å². The molecule has 29 heavy (non-hydrogen) atoms. The van der Waals surface area contributed by atoms with E-state index >= 15 is 0 Å². The third-order valence-corrected chi connectivity index (χ3v) is 6.56. The molecule has 2 aromatic carbocycles. The Morgan fingerprint density at radius 1 is 1.03 bits per heavy atom. The normalized spacial score (nSPS) is 15.2. The van der Waals surface area contributed by atoms with Gasteiger partial charge in [-0.1, -0.05) is 19.1 Å². The topological polar surface area (TPSA) is 104 Å². The second kappa shape index (κ2) is 8.24. The monoisotopic (exact) mass is 416 g/mol. The minimum Gasteiger partial charge on any atom is -0.478 e. The molecule has 0 radical (unpaired) electrons. The van der Waals surface area contributed by atoms with Gasteiger partial charge in [-0.05, 0) is 56.0 Å². The zero-order valence-electron chi connectivity index (χ0n) is 16.4. The molecule has 8 heteroatoms. The molecule has 0 bridgehead atoms. The van der Waals surface area contributed by atoms with Crippen molar-refractivity contribution in [1.29, 1.82) is 0 Å². The lowest BCUT2D eigenvalue weighted by atomic mass is 9.98. The highest BCUT2D eigenvalue weighted by molar-refractivity contribution is 7.92. The molecule has 0 atom stereocenters.